The number of likely N-dealkylation sites (tertiary alicyclic amines) is 1. The Morgan fingerprint density at radius 2 is 2.09 bits per heavy atom. The number of nitrogens with zero attached hydrogens (tertiary/aromatic N) is 4. The van der Waals surface area contributed by atoms with E-state index in [1.54, 1.807) is 0 Å². The smallest absolute Gasteiger partial charge is 0.236 e. The number of anilines is 1. The maximum atomic E-state index is 12.3. The van der Waals surface area contributed by atoms with Gasteiger partial charge in [0.2, 0.25) is 5.91 Å². The molecule has 0 bridgehead atoms. The normalized spacial score (nSPS) is 22.3. The zero-order chi connectivity index (χ0) is 16.2. The first kappa shape index (κ1) is 16.2. The summed E-state index contributed by atoms with van der Waals surface area (Å²) in [6, 6.07) is 6.00. The average molecular weight is 318 g/mol. The molecule has 1 amide bonds. The molecule has 6 heteroatoms. The lowest BCUT2D eigenvalue weighted by Crippen LogP contribution is -2.45. The standard InChI is InChI=1S/C17H26N4O2/c1-19(2)16-7-5-6-14(18-16)15-12-20(10-11-23-15)13-17(22)21-8-3-4-9-21/h5-7,15H,3-4,8-13H2,1-2H3. The summed E-state index contributed by atoms with van der Waals surface area (Å²) < 4.78 is 5.89. The minimum atomic E-state index is -0.0602. The number of pyridine rings is 1. The molecule has 3 heterocycles. The maximum absolute atomic E-state index is 12.3. The molecule has 0 spiro atoms. The highest BCUT2D eigenvalue weighted by Crippen LogP contribution is 2.22. The highest BCUT2D eigenvalue weighted by Gasteiger charge is 2.27. The van der Waals surface area contributed by atoms with E-state index >= 15 is 0 Å². The van der Waals surface area contributed by atoms with Crippen molar-refractivity contribution in [1.29, 1.82) is 0 Å². The van der Waals surface area contributed by atoms with Crippen LogP contribution in [0.15, 0.2) is 18.2 Å². The van der Waals surface area contributed by atoms with Gasteiger partial charge in [-0.3, -0.25) is 9.69 Å². The zero-order valence-electron chi connectivity index (χ0n) is 14.1. The van der Waals surface area contributed by atoms with Crippen LogP contribution in [0.4, 0.5) is 5.82 Å². The molecule has 2 fully saturated rings. The highest BCUT2D eigenvalue weighted by atomic mass is 16.5. The minimum absolute atomic E-state index is 0.0602. The summed E-state index contributed by atoms with van der Waals surface area (Å²) in [5.74, 6) is 1.18. The first-order valence-corrected chi connectivity index (χ1v) is 8.39. The summed E-state index contributed by atoms with van der Waals surface area (Å²) in [5.41, 5.74) is 0.939. The van der Waals surface area contributed by atoms with E-state index in [2.05, 4.69) is 9.88 Å². The molecule has 0 aromatic carbocycles. The van der Waals surface area contributed by atoms with Crippen LogP contribution in [0.25, 0.3) is 0 Å². The molecule has 0 saturated carbocycles. The van der Waals surface area contributed by atoms with Crippen LogP contribution in [0.3, 0.4) is 0 Å². The molecule has 126 valence electrons. The van der Waals surface area contributed by atoms with Crippen LogP contribution in [0.5, 0.6) is 0 Å². The van der Waals surface area contributed by atoms with Crippen LogP contribution in [-0.4, -0.2) is 74.1 Å². The monoisotopic (exact) mass is 318 g/mol. The summed E-state index contributed by atoms with van der Waals surface area (Å²) in [4.78, 5) is 23.1. The second-order valence-corrected chi connectivity index (χ2v) is 6.50. The maximum Gasteiger partial charge on any atom is 0.236 e. The Bertz CT molecular complexity index is 543. The van der Waals surface area contributed by atoms with Crippen molar-refractivity contribution < 1.29 is 9.53 Å². The first-order chi connectivity index (χ1) is 11.1. The van der Waals surface area contributed by atoms with Gasteiger partial charge in [0.1, 0.15) is 11.9 Å². The Labute approximate surface area is 138 Å². The fraction of sp³-hybridized carbons (Fsp3) is 0.647. The summed E-state index contributed by atoms with van der Waals surface area (Å²) in [6.07, 6.45) is 2.22. The minimum Gasteiger partial charge on any atom is -0.369 e. The number of aromatic nitrogens is 1. The number of morpholine rings is 1. The van der Waals surface area contributed by atoms with Crippen LogP contribution in [-0.2, 0) is 9.53 Å². The summed E-state index contributed by atoms with van der Waals surface area (Å²) in [6.45, 7) is 4.50. The van der Waals surface area contributed by atoms with Gasteiger partial charge < -0.3 is 14.5 Å². The predicted octanol–water partition coefficient (Wildman–Crippen LogP) is 1.14. The SMILES string of the molecule is CN(C)c1cccc(C2CN(CC(=O)N3CCCC3)CCO2)n1. The van der Waals surface area contributed by atoms with E-state index in [9.17, 15) is 4.79 Å². The lowest BCUT2D eigenvalue weighted by Gasteiger charge is -2.33. The number of ether oxygens (including phenoxy) is 1. The average Bonchev–Trinajstić information content (AvgIpc) is 3.10. The third kappa shape index (κ3) is 4.00. The van der Waals surface area contributed by atoms with Crippen LogP contribution in [0, 0.1) is 0 Å². The number of amides is 1. The Balaban J connectivity index is 1.61. The van der Waals surface area contributed by atoms with Crippen molar-refractivity contribution in [3.8, 4) is 0 Å². The quantitative estimate of drug-likeness (QED) is 0.833. The molecule has 0 radical (unpaired) electrons. The molecule has 6 nitrogen and oxygen atoms in total. The topological polar surface area (TPSA) is 48.9 Å². The number of carbonyl (C=O) groups is 1. The molecule has 3 rings (SSSR count). The van der Waals surface area contributed by atoms with Gasteiger partial charge >= 0.3 is 0 Å². The molecule has 1 aromatic rings. The van der Waals surface area contributed by atoms with Crippen LogP contribution >= 0.6 is 0 Å². The predicted molar refractivity (Wildman–Crippen MR) is 89.5 cm³/mol. The van der Waals surface area contributed by atoms with E-state index in [-0.39, 0.29) is 12.0 Å². The lowest BCUT2D eigenvalue weighted by atomic mass is 10.2. The summed E-state index contributed by atoms with van der Waals surface area (Å²) >= 11 is 0. The fourth-order valence-corrected chi connectivity index (χ4v) is 3.15. The molecule has 1 atom stereocenters. The van der Waals surface area contributed by atoms with Gasteiger partial charge in [-0.15, -0.1) is 0 Å². The number of hydrogen-bond acceptors (Lipinski definition) is 5. The van der Waals surface area contributed by atoms with Crippen molar-refractivity contribution in [2.45, 2.75) is 18.9 Å². The van der Waals surface area contributed by atoms with Gasteiger partial charge in [-0.2, -0.15) is 0 Å². The van der Waals surface area contributed by atoms with Crippen LogP contribution in [0.1, 0.15) is 24.6 Å². The van der Waals surface area contributed by atoms with E-state index in [0.29, 0.717) is 13.2 Å². The van der Waals surface area contributed by atoms with Crippen LogP contribution in [0.2, 0.25) is 0 Å². The van der Waals surface area contributed by atoms with Crippen molar-refractivity contribution in [3.05, 3.63) is 23.9 Å². The second-order valence-electron chi connectivity index (χ2n) is 6.50. The van der Waals surface area contributed by atoms with Gasteiger partial charge in [-0.1, -0.05) is 6.07 Å². The third-order valence-corrected chi connectivity index (χ3v) is 4.51. The second kappa shape index (κ2) is 7.27. The van der Waals surface area contributed by atoms with Crippen molar-refractivity contribution in [3.63, 3.8) is 0 Å². The molecule has 2 aliphatic heterocycles. The van der Waals surface area contributed by atoms with Crippen molar-refractivity contribution >= 4 is 11.7 Å². The first-order valence-electron chi connectivity index (χ1n) is 8.39. The molecule has 2 aliphatic rings. The van der Waals surface area contributed by atoms with Gasteiger partial charge in [0.15, 0.2) is 0 Å². The molecule has 1 unspecified atom stereocenters. The van der Waals surface area contributed by atoms with Crippen molar-refractivity contribution in [2.75, 3.05) is 58.3 Å². The third-order valence-electron chi connectivity index (χ3n) is 4.51. The van der Waals surface area contributed by atoms with Gasteiger partial charge in [0.05, 0.1) is 18.8 Å². The summed E-state index contributed by atoms with van der Waals surface area (Å²) in [5, 5.41) is 0. The van der Waals surface area contributed by atoms with Crippen molar-refractivity contribution in [2.24, 2.45) is 0 Å². The highest BCUT2D eigenvalue weighted by molar-refractivity contribution is 5.78. The molecule has 0 aliphatic carbocycles. The van der Waals surface area contributed by atoms with E-state index < -0.39 is 0 Å². The van der Waals surface area contributed by atoms with Gasteiger partial charge in [0.25, 0.3) is 0 Å². The van der Waals surface area contributed by atoms with E-state index in [1.807, 2.05) is 42.1 Å². The Morgan fingerprint density at radius 3 is 2.83 bits per heavy atom. The Kier molecular flexibility index (Phi) is 5.13. The van der Waals surface area contributed by atoms with Gasteiger partial charge in [-0.25, -0.2) is 4.98 Å². The Morgan fingerprint density at radius 1 is 1.30 bits per heavy atom. The molecule has 0 N–H and O–H groups in total. The lowest BCUT2D eigenvalue weighted by molar-refractivity contribution is -0.133. The van der Waals surface area contributed by atoms with E-state index in [0.717, 1.165) is 50.5 Å². The fourth-order valence-electron chi connectivity index (χ4n) is 3.15. The molecular weight excluding hydrogens is 292 g/mol. The molecule has 2 saturated heterocycles. The number of rotatable bonds is 4. The van der Waals surface area contributed by atoms with E-state index in [4.69, 9.17) is 4.74 Å². The number of hydrogen-bond donors (Lipinski definition) is 0. The summed E-state index contributed by atoms with van der Waals surface area (Å²) in [7, 11) is 3.96. The van der Waals surface area contributed by atoms with Crippen LogP contribution < -0.4 is 4.90 Å². The zero-order valence-corrected chi connectivity index (χ0v) is 14.1. The largest absolute Gasteiger partial charge is 0.369 e. The van der Waals surface area contributed by atoms with Gasteiger partial charge in [0, 0.05) is 40.3 Å². The Hall–Kier alpha value is -1.66. The van der Waals surface area contributed by atoms with Crippen molar-refractivity contribution in [1.82, 2.24) is 14.8 Å². The molecule has 1 aromatic heterocycles. The van der Waals surface area contributed by atoms with Gasteiger partial charge in [-0.05, 0) is 25.0 Å². The number of carbonyl (C=O) groups excluding carboxylic acids is 1. The molecule has 23 heavy (non-hydrogen) atoms. The van der Waals surface area contributed by atoms with E-state index in [1.165, 1.54) is 0 Å². The molecular formula is C17H26N4O2.